The van der Waals surface area contributed by atoms with E-state index in [1.54, 1.807) is 19.9 Å². The summed E-state index contributed by atoms with van der Waals surface area (Å²) in [6.07, 6.45) is 0. The van der Waals surface area contributed by atoms with E-state index in [1.807, 2.05) is 0 Å². The molecule has 0 unspecified atom stereocenters. The zero-order chi connectivity index (χ0) is 11.4. The highest BCUT2D eigenvalue weighted by Crippen LogP contribution is 2.16. The molecule has 15 heavy (non-hydrogen) atoms. The van der Waals surface area contributed by atoms with E-state index in [0.717, 1.165) is 0 Å². The minimum atomic E-state index is -0.799. The SMILES string of the molecule is CCOC(=O)c1c(F)cc(C)cc1C#N. The van der Waals surface area contributed by atoms with Crippen LogP contribution in [-0.4, -0.2) is 12.6 Å². The first-order valence-electron chi connectivity index (χ1n) is 4.47. The molecule has 0 fully saturated rings. The van der Waals surface area contributed by atoms with Gasteiger partial charge in [0.05, 0.1) is 12.2 Å². The van der Waals surface area contributed by atoms with E-state index >= 15 is 0 Å². The molecule has 3 nitrogen and oxygen atoms in total. The van der Waals surface area contributed by atoms with Crippen molar-refractivity contribution in [1.82, 2.24) is 0 Å². The smallest absolute Gasteiger partial charge is 0.342 e. The van der Waals surface area contributed by atoms with Crippen molar-refractivity contribution in [2.24, 2.45) is 0 Å². The molecule has 0 aliphatic heterocycles. The Hall–Kier alpha value is -1.89. The van der Waals surface area contributed by atoms with E-state index in [1.165, 1.54) is 12.1 Å². The Labute approximate surface area is 87.1 Å². The van der Waals surface area contributed by atoms with Crippen LogP contribution in [0.25, 0.3) is 0 Å². The van der Waals surface area contributed by atoms with Crippen LogP contribution in [0.4, 0.5) is 4.39 Å². The van der Waals surface area contributed by atoms with E-state index in [0.29, 0.717) is 5.56 Å². The maximum atomic E-state index is 13.4. The van der Waals surface area contributed by atoms with Crippen LogP contribution in [0.2, 0.25) is 0 Å². The summed E-state index contributed by atoms with van der Waals surface area (Å²) in [5, 5.41) is 8.76. The Morgan fingerprint density at radius 1 is 1.60 bits per heavy atom. The van der Waals surface area contributed by atoms with Crippen LogP contribution in [-0.2, 0) is 4.74 Å². The third kappa shape index (κ3) is 2.32. The number of nitrogens with zero attached hydrogens (tertiary/aromatic N) is 1. The summed E-state index contributed by atoms with van der Waals surface area (Å²) in [4.78, 5) is 11.3. The summed E-state index contributed by atoms with van der Waals surface area (Å²) >= 11 is 0. The van der Waals surface area contributed by atoms with Gasteiger partial charge in [-0.1, -0.05) is 0 Å². The maximum Gasteiger partial charge on any atom is 0.342 e. The van der Waals surface area contributed by atoms with Gasteiger partial charge in [0.2, 0.25) is 0 Å². The molecule has 0 aromatic heterocycles. The van der Waals surface area contributed by atoms with E-state index in [4.69, 9.17) is 5.26 Å². The number of benzene rings is 1. The topological polar surface area (TPSA) is 50.1 Å². The number of hydrogen-bond donors (Lipinski definition) is 0. The van der Waals surface area contributed by atoms with Crippen molar-refractivity contribution in [1.29, 1.82) is 5.26 Å². The number of hydrogen-bond acceptors (Lipinski definition) is 3. The number of carbonyl (C=O) groups is 1. The summed E-state index contributed by atoms with van der Waals surface area (Å²) in [7, 11) is 0. The van der Waals surface area contributed by atoms with Crippen LogP contribution < -0.4 is 0 Å². The number of esters is 1. The molecule has 0 spiro atoms. The Morgan fingerprint density at radius 3 is 2.80 bits per heavy atom. The van der Waals surface area contributed by atoms with Gasteiger partial charge >= 0.3 is 5.97 Å². The minimum Gasteiger partial charge on any atom is -0.462 e. The summed E-state index contributed by atoms with van der Waals surface area (Å²) in [6, 6.07) is 4.43. The van der Waals surface area contributed by atoms with Crippen LogP contribution in [0, 0.1) is 24.1 Å². The van der Waals surface area contributed by atoms with Gasteiger partial charge in [-0.15, -0.1) is 0 Å². The molecule has 1 aromatic rings. The van der Waals surface area contributed by atoms with E-state index in [9.17, 15) is 9.18 Å². The van der Waals surface area contributed by atoms with Gasteiger partial charge in [-0.25, -0.2) is 9.18 Å². The average molecular weight is 207 g/mol. The fourth-order valence-electron chi connectivity index (χ4n) is 1.24. The van der Waals surface area contributed by atoms with Crippen molar-refractivity contribution in [2.75, 3.05) is 6.61 Å². The second kappa shape index (κ2) is 4.56. The summed E-state index contributed by atoms with van der Waals surface area (Å²) < 4.78 is 18.1. The maximum absolute atomic E-state index is 13.4. The Morgan fingerprint density at radius 2 is 2.27 bits per heavy atom. The van der Waals surface area contributed by atoms with Crippen molar-refractivity contribution in [2.45, 2.75) is 13.8 Å². The Balaban J connectivity index is 3.28. The summed E-state index contributed by atoms with van der Waals surface area (Å²) in [5.74, 6) is -1.52. The normalized spacial score (nSPS) is 9.47. The first-order chi connectivity index (χ1) is 7.10. The molecule has 0 N–H and O–H groups in total. The highest BCUT2D eigenvalue weighted by molar-refractivity contribution is 5.92. The lowest BCUT2D eigenvalue weighted by Gasteiger charge is -2.05. The molecule has 0 radical (unpaired) electrons. The van der Waals surface area contributed by atoms with Crippen molar-refractivity contribution in [3.8, 4) is 6.07 Å². The number of rotatable bonds is 2. The van der Waals surface area contributed by atoms with E-state index < -0.39 is 11.8 Å². The molecular formula is C11H10FNO2. The summed E-state index contributed by atoms with van der Waals surface area (Å²) in [6.45, 7) is 3.42. The highest BCUT2D eigenvalue weighted by atomic mass is 19.1. The third-order valence-electron chi connectivity index (χ3n) is 1.83. The van der Waals surface area contributed by atoms with E-state index in [-0.39, 0.29) is 17.7 Å². The van der Waals surface area contributed by atoms with Gasteiger partial charge in [0.1, 0.15) is 17.4 Å². The number of halogens is 1. The van der Waals surface area contributed by atoms with Crippen molar-refractivity contribution in [3.05, 3.63) is 34.6 Å². The molecule has 0 aliphatic carbocycles. The first kappa shape index (κ1) is 11.2. The lowest BCUT2D eigenvalue weighted by atomic mass is 10.0. The molecule has 0 amide bonds. The molecule has 1 aromatic carbocycles. The molecule has 1 rings (SSSR count). The molecule has 0 aliphatic rings. The van der Waals surface area contributed by atoms with E-state index in [2.05, 4.69) is 4.74 Å². The second-order valence-electron chi connectivity index (χ2n) is 3.00. The lowest BCUT2D eigenvalue weighted by Crippen LogP contribution is -2.10. The first-order valence-corrected chi connectivity index (χ1v) is 4.47. The van der Waals surface area contributed by atoms with Gasteiger partial charge in [0.15, 0.2) is 0 Å². The van der Waals surface area contributed by atoms with Gasteiger partial charge < -0.3 is 4.74 Å². The van der Waals surface area contributed by atoms with Crippen LogP contribution in [0.5, 0.6) is 0 Å². The molecule has 0 saturated heterocycles. The molecule has 0 heterocycles. The van der Waals surface area contributed by atoms with Gasteiger partial charge in [-0.3, -0.25) is 0 Å². The van der Waals surface area contributed by atoms with Crippen molar-refractivity contribution in [3.63, 3.8) is 0 Å². The van der Waals surface area contributed by atoms with Crippen LogP contribution >= 0.6 is 0 Å². The van der Waals surface area contributed by atoms with Gasteiger partial charge in [0.25, 0.3) is 0 Å². The fourth-order valence-corrected chi connectivity index (χ4v) is 1.24. The van der Waals surface area contributed by atoms with Crippen LogP contribution in [0.1, 0.15) is 28.4 Å². The lowest BCUT2D eigenvalue weighted by molar-refractivity contribution is 0.0520. The molecule has 0 atom stereocenters. The average Bonchev–Trinajstić information content (AvgIpc) is 2.16. The molecule has 78 valence electrons. The fraction of sp³-hybridized carbons (Fsp3) is 0.273. The van der Waals surface area contributed by atoms with Crippen LogP contribution in [0.15, 0.2) is 12.1 Å². The Kier molecular flexibility index (Phi) is 3.40. The van der Waals surface area contributed by atoms with Crippen LogP contribution in [0.3, 0.4) is 0 Å². The monoisotopic (exact) mass is 207 g/mol. The number of carbonyl (C=O) groups excluding carboxylic acids is 1. The minimum absolute atomic E-state index is 0.00551. The predicted molar refractivity (Wildman–Crippen MR) is 51.8 cm³/mol. The quantitative estimate of drug-likeness (QED) is 0.698. The predicted octanol–water partition coefficient (Wildman–Crippen LogP) is 2.18. The molecule has 0 saturated carbocycles. The van der Waals surface area contributed by atoms with Gasteiger partial charge in [0, 0.05) is 0 Å². The zero-order valence-corrected chi connectivity index (χ0v) is 8.50. The third-order valence-corrected chi connectivity index (χ3v) is 1.83. The molecular weight excluding hydrogens is 197 g/mol. The highest BCUT2D eigenvalue weighted by Gasteiger charge is 2.18. The summed E-state index contributed by atoms with van der Waals surface area (Å²) in [5.41, 5.74) is 0.313. The Bertz CT molecular complexity index is 435. The second-order valence-corrected chi connectivity index (χ2v) is 3.00. The largest absolute Gasteiger partial charge is 0.462 e. The zero-order valence-electron chi connectivity index (χ0n) is 8.50. The van der Waals surface area contributed by atoms with Crippen molar-refractivity contribution < 1.29 is 13.9 Å². The van der Waals surface area contributed by atoms with Gasteiger partial charge in [-0.05, 0) is 31.5 Å². The van der Waals surface area contributed by atoms with Gasteiger partial charge in [-0.2, -0.15) is 5.26 Å². The van der Waals surface area contributed by atoms with Crippen molar-refractivity contribution >= 4 is 5.97 Å². The standard InChI is InChI=1S/C11H10FNO2/c1-3-15-11(14)10-8(6-13)4-7(2)5-9(10)12/h4-5H,3H2,1-2H3. The number of nitriles is 1. The number of aryl methyl sites for hydroxylation is 1. The molecule has 0 bridgehead atoms. The molecule has 4 heteroatoms. The number of ether oxygens (including phenoxy) is 1.